The monoisotopic (exact) mass is 316 g/mol. The normalized spacial score (nSPS) is 23.4. The minimum absolute atomic E-state index is 0.552. The summed E-state index contributed by atoms with van der Waals surface area (Å²) in [5.41, 5.74) is 3.06. The standard InChI is InChI=1S/C17H20N2S2/c1-18-7-9-19(10-8-18)15-12-13-4-2-3-5-16(13)21-17-14(15)6-11-20-17/h2-6,11,15H,7-10,12H2,1H3. The molecule has 2 aliphatic heterocycles. The van der Waals surface area contributed by atoms with Gasteiger partial charge in [0.2, 0.25) is 0 Å². The van der Waals surface area contributed by atoms with Crippen LogP contribution in [0.2, 0.25) is 0 Å². The highest BCUT2D eigenvalue weighted by Crippen LogP contribution is 2.45. The molecule has 0 N–H and O–H groups in total. The molecule has 0 spiro atoms. The molecule has 1 aromatic heterocycles. The first-order chi connectivity index (χ1) is 10.3. The molecule has 4 rings (SSSR count). The Morgan fingerprint density at radius 1 is 1.05 bits per heavy atom. The fourth-order valence-corrected chi connectivity index (χ4v) is 5.54. The van der Waals surface area contributed by atoms with Gasteiger partial charge in [0.15, 0.2) is 0 Å². The van der Waals surface area contributed by atoms with Crippen LogP contribution < -0.4 is 0 Å². The van der Waals surface area contributed by atoms with Crippen molar-refractivity contribution in [2.24, 2.45) is 0 Å². The number of hydrogen-bond acceptors (Lipinski definition) is 4. The highest BCUT2D eigenvalue weighted by atomic mass is 32.2. The van der Waals surface area contributed by atoms with Gasteiger partial charge in [-0.3, -0.25) is 4.90 Å². The van der Waals surface area contributed by atoms with Gasteiger partial charge in [-0.25, -0.2) is 0 Å². The zero-order valence-corrected chi connectivity index (χ0v) is 13.9. The Bertz CT molecular complexity index is 629. The number of benzene rings is 1. The molecule has 0 aliphatic carbocycles. The molecule has 1 saturated heterocycles. The number of fused-ring (bicyclic) bond motifs is 2. The van der Waals surface area contributed by atoms with Gasteiger partial charge in [0.25, 0.3) is 0 Å². The van der Waals surface area contributed by atoms with Gasteiger partial charge in [0.1, 0.15) is 0 Å². The van der Waals surface area contributed by atoms with E-state index in [0.29, 0.717) is 6.04 Å². The van der Waals surface area contributed by atoms with Crippen molar-refractivity contribution in [1.29, 1.82) is 0 Å². The summed E-state index contributed by atoms with van der Waals surface area (Å²) in [5, 5.41) is 2.26. The summed E-state index contributed by atoms with van der Waals surface area (Å²) in [6, 6.07) is 11.8. The average Bonchev–Trinajstić information content (AvgIpc) is 2.89. The fourth-order valence-electron chi connectivity index (χ4n) is 3.28. The van der Waals surface area contributed by atoms with Gasteiger partial charge in [-0.1, -0.05) is 30.0 Å². The minimum atomic E-state index is 0.552. The van der Waals surface area contributed by atoms with Crippen LogP contribution in [0.1, 0.15) is 17.2 Å². The molecule has 0 bridgehead atoms. The summed E-state index contributed by atoms with van der Waals surface area (Å²) in [7, 11) is 2.23. The van der Waals surface area contributed by atoms with E-state index in [1.54, 1.807) is 5.56 Å². The van der Waals surface area contributed by atoms with E-state index in [2.05, 4.69) is 52.6 Å². The first kappa shape index (κ1) is 13.8. The van der Waals surface area contributed by atoms with Crippen LogP contribution in [-0.4, -0.2) is 43.0 Å². The number of piperazine rings is 1. The summed E-state index contributed by atoms with van der Waals surface area (Å²) in [4.78, 5) is 6.57. The molecule has 1 fully saturated rings. The maximum absolute atomic E-state index is 2.69. The largest absolute Gasteiger partial charge is 0.304 e. The van der Waals surface area contributed by atoms with E-state index in [1.807, 2.05) is 23.1 Å². The van der Waals surface area contributed by atoms with E-state index in [1.165, 1.54) is 40.8 Å². The maximum atomic E-state index is 2.69. The smallest absolute Gasteiger partial charge is 0.0694 e. The van der Waals surface area contributed by atoms with Crippen LogP contribution in [-0.2, 0) is 6.42 Å². The van der Waals surface area contributed by atoms with Gasteiger partial charge in [-0.15, -0.1) is 11.3 Å². The lowest BCUT2D eigenvalue weighted by Crippen LogP contribution is -2.46. The van der Waals surface area contributed by atoms with Crippen LogP contribution in [0.15, 0.2) is 44.8 Å². The van der Waals surface area contributed by atoms with Crippen molar-refractivity contribution in [3.63, 3.8) is 0 Å². The lowest BCUT2D eigenvalue weighted by atomic mass is 9.99. The maximum Gasteiger partial charge on any atom is 0.0694 e. The third-order valence-electron chi connectivity index (χ3n) is 4.58. The third-order valence-corrected chi connectivity index (χ3v) is 6.88. The van der Waals surface area contributed by atoms with Gasteiger partial charge in [-0.2, -0.15) is 0 Å². The predicted molar refractivity (Wildman–Crippen MR) is 90.4 cm³/mol. The van der Waals surface area contributed by atoms with Crippen molar-refractivity contribution in [1.82, 2.24) is 9.80 Å². The van der Waals surface area contributed by atoms with Crippen LogP contribution in [0.4, 0.5) is 0 Å². The molecular weight excluding hydrogens is 296 g/mol. The summed E-state index contributed by atoms with van der Waals surface area (Å²) >= 11 is 3.86. The van der Waals surface area contributed by atoms with E-state index in [4.69, 9.17) is 0 Å². The van der Waals surface area contributed by atoms with E-state index in [9.17, 15) is 0 Å². The molecule has 1 unspecified atom stereocenters. The minimum Gasteiger partial charge on any atom is -0.304 e. The second kappa shape index (κ2) is 5.76. The number of nitrogens with zero attached hydrogens (tertiary/aromatic N) is 2. The number of hydrogen-bond donors (Lipinski definition) is 0. The van der Waals surface area contributed by atoms with Gasteiger partial charge >= 0.3 is 0 Å². The van der Waals surface area contributed by atoms with Crippen molar-refractivity contribution in [3.8, 4) is 0 Å². The van der Waals surface area contributed by atoms with E-state index in [0.717, 1.165) is 6.42 Å². The Kier molecular flexibility index (Phi) is 3.79. The third kappa shape index (κ3) is 2.66. The second-order valence-electron chi connectivity index (χ2n) is 5.93. The van der Waals surface area contributed by atoms with Crippen molar-refractivity contribution >= 4 is 23.1 Å². The van der Waals surface area contributed by atoms with Crippen LogP contribution in [0.25, 0.3) is 0 Å². The highest BCUT2D eigenvalue weighted by Gasteiger charge is 2.29. The van der Waals surface area contributed by atoms with E-state index in [-0.39, 0.29) is 0 Å². The molecule has 3 heterocycles. The summed E-state index contributed by atoms with van der Waals surface area (Å²) in [6.07, 6.45) is 1.15. The molecule has 0 saturated carbocycles. The molecule has 110 valence electrons. The average molecular weight is 316 g/mol. The highest BCUT2D eigenvalue weighted by molar-refractivity contribution is 8.01. The van der Waals surface area contributed by atoms with Crippen molar-refractivity contribution < 1.29 is 0 Å². The van der Waals surface area contributed by atoms with Crippen LogP contribution in [0.5, 0.6) is 0 Å². The molecular formula is C17H20N2S2. The lowest BCUT2D eigenvalue weighted by Gasteiger charge is -2.38. The SMILES string of the molecule is CN1CCN(C2Cc3ccccc3Sc3sccc32)CC1. The zero-order valence-electron chi connectivity index (χ0n) is 12.3. The molecule has 2 nitrogen and oxygen atoms in total. The Labute approximate surface area is 134 Å². The Morgan fingerprint density at radius 3 is 2.71 bits per heavy atom. The summed E-state index contributed by atoms with van der Waals surface area (Å²) in [5.74, 6) is 0. The van der Waals surface area contributed by atoms with Gasteiger partial charge in [-0.05, 0) is 42.1 Å². The number of thiophene rings is 1. The quantitative estimate of drug-likeness (QED) is 0.791. The molecule has 21 heavy (non-hydrogen) atoms. The van der Waals surface area contributed by atoms with Gasteiger partial charge in [0.05, 0.1) is 4.21 Å². The molecule has 1 atom stereocenters. The Balaban J connectivity index is 1.70. The van der Waals surface area contributed by atoms with Crippen LogP contribution in [0.3, 0.4) is 0 Å². The molecule has 0 radical (unpaired) electrons. The van der Waals surface area contributed by atoms with Crippen LogP contribution in [0, 0.1) is 0 Å². The zero-order chi connectivity index (χ0) is 14.2. The van der Waals surface area contributed by atoms with Crippen molar-refractivity contribution in [2.75, 3.05) is 33.2 Å². The fraction of sp³-hybridized carbons (Fsp3) is 0.412. The van der Waals surface area contributed by atoms with Crippen molar-refractivity contribution in [2.45, 2.75) is 21.6 Å². The first-order valence-electron chi connectivity index (χ1n) is 7.57. The molecule has 0 amide bonds. The van der Waals surface area contributed by atoms with Crippen LogP contribution >= 0.6 is 23.1 Å². The van der Waals surface area contributed by atoms with Gasteiger partial charge in [0, 0.05) is 37.1 Å². The summed E-state index contributed by atoms with van der Waals surface area (Å²) in [6.45, 7) is 4.74. The molecule has 2 aliphatic rings. The topological polar surface area (TPSA) is 6.48 Å². The molecule has 1 aromatic carbocycles. The predicted octanol–water partition coefficient (Wildman–Crippen LogP) is 3.74. The second-order valence-corrected chi connectivity index (χ2v) is 8.16. The van der Waals surface area contributed by atoms with E-state index >= 15 is 0 Å². The van der Waals surface area contributed by atoms with Crippen molar-refractivity contribution in [3.05, 3.63) is 46.8 Å². The Hall–Kier alpha value is -0.810. The van der Waals surface area contributed by atoms with E-state index < -0.39 is 0 Å². The number of likely N-dealkylation sites (N-methyl/N-ethyl adjacent to an activating group) is 1. The Morgan fingerprint density at radius 2 is 1.86 bits per heavy atom. The molecule has 2 aromatic rings. The first-order valence-corrected chi connectivity index (χ1v) is 9.26. The lowest BCUT2D eigenvalue weighted by molar-refractivity contribution is 0.110. The number of rotatable bonds is 1. The van der Waals surface area contributed by atoms with Gasteiger partial charge < -0.3 is 4.90 Å². The summed E-state index contributed by atoms with van der Waals surface area (Å²) < 4.78 is 1.49. The molecule has 4 heteroatoms.